The van der Waals surface area contributed by atoms with Gasteiger partial charge < -0.3 is 23.7 Å². The van der Waals surface area contributed by atoms with Gasteiger partial charge >= 0.3 is 0 Å². The van der Waals surface area contributed by atoms with Crippen LogP contribution < -0.4 is 23.7 Å². The number of fused-ring (bicyclic) bond motifs is 1. The van der Waals surface area contributed by atoms with Crippen LogP contribution in [0.3, 0.4) is 0 Å². The van der Waals surface area contributed by atoms with E-state index >= 15 is 0 Å². The lowest BCUT2D eigenvalue weighted by Crippen LogP contribution is -1.99. The number of carbonyl (C=O) groups is 1. The Hall–Kier alpha value is -3.64. The number of carbonyl (C=O) groups excluding carboxylic acids is 1. The van der Waals surface area contributed by atoms with Gasteiger partial charge in [0.05, 0.1) is 26.9 Å². The fourth-order valence-electron chi connectivity index (χ4n) is 3.63. The number of Topliss-reactive ketones (excluding diaryl/α,β-unsaturated/α-hetero) is 1. The summed E-state index contributed by atoms with van der Waals surface area (Å²) in [4.78, 5) is 13.0. The number of rotatable bonds is 7. The minimum absolute atomic E-state index is 0.200. The molecule has 170 valence electrons. The van der Waals surface area contributed by atoms with Crippen LogP contribution in [0.25, 0.3) is 6.08 Å². The van der Waals surface area contributed by atoms with Crippen molar-refractivity contribution in [2.45, 2.75) is 13.5 Å². The van der Waals surface area contributed by atoms with Crippen LogP contribution in [-0.4, -0.2) is 27.1 Å². The Kier molecular flexibility index (Phi) is 6.47. The molecule has 3 aromatic rings. The Morgan fingerprint density at radius 3 is 2.27 bits per heavy atom. The van der Waals surface area contributed by atoms with E-state index in [-0.39, 0.29) is 11.5 Å². The van der Waals surface area contributed by atoms with Crippen molar-refractivity contribution >= 4 is 23.5 Å². The van der Waals surface area contributed by atoms with Crippen molar-refractivity contribution in [1.82, 2.24) is 0 Å². The molecule has 0 N–H and O–H groups in total. The third kappa shape index (κ3) is 4.34. The highest BCUT2D eigenvalue weighted by Crippen LogP contribution is 2.42. The quantitative estimate of drug-likeness (QED) is 0.406. The molecule has 33 heavy (non-hydrogen) atoms. The molecule has 1 heterocycles. The summed E-state index contributed by atoms with van der Waals surface area (Å²) in [6, 6.07) is 14.5. The molecule has 0 saturated heterocycles. The minimum atomic E-state index is -0.209. The lowest BCUT2D eigenvalue weighted by atomic mass is 10.1. The lowest BCUT2D eigenvalue weighted by molar-refractivity contribution is 0.101. The second-order valence-corrected chi connectivity index (χ2v) is 7.75. The molecule has 0 atom stereocenters. The summed E-state index contributed by atoms with van der Waals surface area (Å²) >= 11 is 6.22. The topological polar surface area (TPSA) is 63.2 Å². The monoisotopic (exact) mass is 466 g/mol. The number of hydrogen-bond donors (Lipinski definition) is 0. The Morgan fingerprint density at radius 1 is 0.939 bits per heavy atom. The van der Waals surface area contributed by atoms with Crippen LogP contribution in [0.1, 0.15) is 27.0 Å². The summed E-state index contributed by atoms with van der Waals surface area (Å²) in [6.07, 6.45) is 1.65. The molecule has 1 aliphatic rings. The van der Waals surface area contributed by atoms with E-state index in [2.05, 4.69) is 0 Å². The van der Waals surface area contributed by atoms with Crippen LogP contribution in [0.15, 0.2) is 54.3 Å². The van der Waals surface area contributed by atoms with E-state index in [4.69, 9.17) is 35.3 Å². The van der Waals surface area contributed by atoms with Crippen molar-refractivity contribution in [3.05, 3.63) is 81.6 Å². The number of halogens is 1. The number of ether oxygens (including phenoxy) is 5. The highest BCUT2D eigenvalue weighted by Gasteiger charge is 2.30. The van der Waals surface area contributed by atoms with Gasteiger partial charge in [-0.25, -0.2) is 0 Å². The smallest absolute Gasteiger partial charge is 0.231 e. The van der Waals surface area contributed by atoms with E-state index < -0.39 is 0 Å². The van der Waals surface area contributed by atoms with Crippen molar-refractivity contribution < 1.29 is 28.5 Å². The first-order valence-corrected chi connectivity index (χ1v) is 10.6. The molecule has 0 fully saturated rings. The van der Waals surface area contributed by atoms with Gasteiger partial charge in [-0.2, -0.15) is 0 Å². The average molecular weight is 467 g/mol. The molecule has 0 aliphatic carbocycles. The summed E-state index contributed by atoms with van der Waals surface area (Å²) in [5.74, 6) is 2.53. The highest BCUT2D eigenvalue weighted by molar-refractivity contribution is 6.31. The van der Waals surface area contributed by atoms with Crippen molar-refractivity contribution in [1.29, 1.82) is 0 Å². The first kappa shape index (κ1) is 22.6. The number of benzene rings is 3. The van der Waals surface area contributed by atoms with Gasteiger partial charge in [0.15, 0.2) is 17.3 Å². The predicted molar refractivity (Wildman–Crippen MR) is 126 cm³/mol. The molecule has 0 spiro atoms. The molecule has 0 saturated carbocycles. The molecular formula is C26H23ClO6. The zero-order chi connectivity index (χ0) is 23.5. The fourth-order valence-corrected chi connectivity index (χ4v) is 3.82. The van der Waals surface area contributed by atoms with E-state index in [9.17, 15) is 4.79 Å². The summed E-state index contributed by atoms with van der Waals surface area (Å²) in [5, 5.41) is 0.637. The van der Waals surface area contributed by atoms with Gasteiger partial charge in [0.1, 0.15) is 18.1 Å². The molecule has 0 unspecified atom stereocenters. The fraction of sp³-hybridized carbons (Fsp3) is 0.192. The lowest BCUT2D eigenvalue weighted by Gasteiger charge is -2.13. The van der Waals surface area contributed by atoms with Crippen molar-refractivity contribution in [2.24, 2.45) is 0 Å². The maximum Gasteiger partial charge on any atom is 0.231 e. The largest absolute Gasteiger partial charge is 0.493 e. The Balaban J connectivity index is 1.62. The molecule has 0 amide bonds. The van der Waals surface area contributed by atoms with Crippen LogP contribution in [0.4, 0.5) is 0 Å². The zero-order valence-electron chi connectivity index (χ0n) is 18.7. The van der Waals surface area contributed by atoms with Gasteiger partial charge in [0.25, 0.3) is 0 Å². The molecule has 4 rings (SSSR count). The van der Waals surface area contributed by atoms with Crippen molar-refractivity contribution in [2.75, 3.05) is 21.3 Å². The summed E-state index contributed by atoms with van der Waals surface area (Å²) in [5.41, 5.74) is 2.77. The second kappa shape index (κ2) is 9.46. The molecule has 0 radical (unpaired) electrons. The third-order valence-corrected chi connectivity index (χ3v) is 5.73. The van der Waals surface area contributed by atoms with Gasteiger partial charge in [-0.3, -0.25) is 4.79 Å². The molecule has 6 nitrogen and oxygen atoms in total. The molecule has 3 aromatic carbocycles. The molecule has 0 aromatic heterocycles. The summed E-state index contributed by atoms with van der Waals surface area (Å²) in [7, 11) is 4.61. The summed E-state index contributed by atoms with van der Waals surface area (Å²) in [6.45, 7) is 2.16. The van der Waals surface area contributed by atoms with E-state index in [0.29, 0.717) is 51.5 Å². The van der Waals surface area contributed by atoms with Crippen molar-refractivity contribution in [3.8, 4) is 28.7 Å². The third-order valence-electron chi connectivity index (χ3n) is 5.36. The van der Waals surface area contributed by atoms with Crippen LogP contribution >= 0.6 is 11.6 Å². The first-order chi connectivity index (χ1) is 16.0. The summed E-state index contributed by atoms with van der Waals surface area (Å²) < 4.78 is 28.1. The van der Waals surface area contributed by atoms with Gasteiger partial charge in [-0.05, 0) is 48.9 Å². The van der Waals surface area contributed by atoms with E-state index in [0.717, 1.165) is 11.1 Å². The van der Waals surface area contributed by atoms with Crippen LogP contribution in [0, 0.1) is 6.92 Å². The first-order valence-electron chi connectivity index (χ1n) is 10.2. The SMILES string of the molecule is COc1cc(/C=C2\Oc3c(ccc(OCc4ccccc4Cl)c3C)C2=O)cc(OC)c1OC. The number of hydrogen-bond acceptors (Lipinski definition) is 6. The molecular weight excluding hydrogens is 444 g/mol. The van der Waals surface area contributed by atoms with Crippen LogP contribution in [0.2, 0.25) is 5.02 Å². The molecule has 1 aliphatic heterocycles. The van der Waals surface area contributed by atoms with Gasteiger partial charge in [-0.15, -0.1) is 0 Å². The number of ketones is 1. The highest BCUT2D eigenvalue weighted by atomic mass is 35.5. The van der Waals surface area contributed by atoms with Crippen molar-refractivity contribution in [3.63, 3.8) is 0 Å². The van der Waals surface area contributed by atoms with E-state index in [1.165, 1.54) is 21.3 Å². The average Bonchev–Trinajstić information content (AvgIpc) is 3.14. The Morgan fingerprint density at radius 2 is 1.64 bits per heavy atom. The van der Waals surface area contributed by atoms with Gasteiger partial charge in [0.2, 0.25) is 11.5 Å². The standard InChI is InChI=1S/C26H23ClO6/c1-15-20(32-14-17-7-5-6-8-19(17)27)10-9-18-24(28)21(33-25(15)18)11-16-12-22(29-2)26(31-4)23(13-16)30-3/h5-13H,14H2,1-4H3/b21-11-. The van der Waals surface area contributed by atoms with Gasteiger partial charge in [0, 0.05) is 16.1 Å². The zero-order valence-corrected chi connectivity index (χ0v) is 19.5. The van der Waals surface area contributed by atoms with Crippen LogP contribution in [0.5, 0.6) is 28.7 Å². The van der Waals surface area contributed by atoms with Gasteiger partial charge in [-0.1, -0.05) is 29.8 Å². The van der Waals surface area contributed by atoms with Crippen LogP contribution in [-0.2, 0) is 6.61 Å². The molecule has 0 bridgehead atoms. The number of methoxy groups -OCH3 is 3. The minimum Gasteiger partial charge on any atom is -0.493 e. The maximum atomic E-state index is 13.0. The maximum absolute atomic E-state index is 13.0. The number of allylic oxidation sites excluding steroid dienone is 1. The van der Waals surface area contributed by atoms with E-state index in [1.807, 2.05) is 31.2 Å². The van der Waals surface area contributed by atoms with E-state index in [1.54, 1.807) is 30.3 Å². The Labute approximate surface area is 197 Å². The second-order valence-electron chi connectivity index (χ2n) is 7.34. The Bertz CT molecular complexity index is 1220. The normalized spacial score (nSPS) is 13.5. The molecule has 7 heteroatoms. The predicted octanol–water partition coefficient (Wildman–Crippen LogP) is 5.87.